The van der Waals surface area contributed by atoms with Crippen molar-refractivity contribution in [1.29, 1.82) is 0 Å². The van der Waals surface area contributed by atoms with E-state index in [1.807, 2.05) is 48.2 Å². The van der Waals surface area contributed by atoms with E-state index in [1.54, 1.807) is 50.9 Å². The first-order valence-electron chi connectivity index (χ1n) is 11.1. The molecular weight excluding hydrogens is 430 g/mol. The number of likely N-dealkylation sites (N-methyl/N-ethyl adjacent to an activating group) is 1. The summed E-state index contributed by atoms with van der Waals surface area (Å²) in [5, 5.41) is 0. The highest BCUT2D eigenvalue weighted by Gasteiger charge is 2.41. The van der Waals surface area contributed by atoms with Crippen LogP contribution < -0.4 is 9.47 Å². The number of ether oxygens (including phenoxy) is 2. The molecule has 1 aromatic heterocycles. The summed E-state index contributed by atoms with van der Waals surface area (Å²) in [4.78, 5) is 34.7. The van der Waals surface area contributed by atoms with Gasteiger partial charge in [-0.25, -0.2) is 0 Å². The minimum absolute atomic E-state index is 0.148. The van der Waals surface area contributed by atoms with E-state index in [2.05, 4.69) is 4.98 Å². The lowest BCUT2D eigenvalue weighted by molar-refractivity contribution is -0.138. The van der Waals surface area contributed by atoms with Gasteiger partial charge >= 0.3 is 0 Å². The summed E-state index contributed by atoms with van der Waals surface area (Å²) in [6, 6.07) is 18.8. The number of benzene rings is 2. The summed E-state index contributed by atoms with van der Waals surface area (Å²) >= 11 is 0. The predicted octanol–water partition coefficient (Wildman–Crippen LogP) is 3.90. The van der Waals surface area contributed by atoms with Crippen LogP contribution in [0.3, 0.4) is 0 Å². The van der Waals surface area contributed by atoms with E-state index in [4.69, 9.17) is 9.47 Å². The number of amides is 2. The van der Waals surface area contributed by atoms with Gasteiger partial charge in [-0.15, -0.1) is 0 Å². The zero-order valence-corrected chi connectivity index (χ0v) is 19.5. The van der Waals surface area contributed by atoms with E-state index < -0.39 is 0 Å². The number of hydrogen-bond donors (Lipinski definition) is 0. The zero-order valence-electron chi connectivity index (χ0n) is 19.5. The lowest BCUT2D eigenvalue weighted by atomic mass is 10.0. The van der Waals surface area contributed by atoms with Gasteiger partial charge in [0.2, 0.25) is 0 Å². The number of nitrogens with zero attached hydrogens (tertiary/aromatic N) is 3. The Morgan fingerprint density at radius 3 is 2.26 bits per heavy atom. The molecule has 34 heavy (non-hydrogen) atoms. The number of imide groups is 1. The highest BCUT2D eigenvalue weighted by atomic mass is 16.5. The number of carbonyl (C=O) groups is 2. The third kappa shape index (κ3) is 4.50. The highest BCUT2D eigenvalue weighted by Crippen LogP contribution is 2.37. The van der Waals surface area contributed by atoms with E-state index in [0.717, 1.165) is 11.1 Å². The third-order valence-electron chi connectivity index (χ3n) is 5.79. The quantitative estimate of drug-likeness (QED) is 0.454. The maximum Gasteiger partial charge on any atom is 0.278 e. The van der Waals surface area contributed by atoms with Crippen LogP contribution in [0.1, 0.15) is 23.6 Å². The molecule has 2 heterocycles. The summed E-state index contributed by atoms with van der Waals surface area (Å²) in [5.74, 6) is 0.372. The van der Waals surface area contributed by atoms with E-state index >= 15 is 0 Å². The van der Waals surface area contributed by atoms with Gasteiger partial charge in [0.05, 0.1) is 26.3 Å². The molecule has 3 aromatic rings. The number of carbonyl (C=O) groups excluding carboxylic acids is 2. The van der Waals surface area contributed by atoms with Gasteiger partial charge < -0.3 is 14.4 Å². The molecule has 174 valence electrons. The van der Waals surface area contributed by atoms with Gasteiger partial charge in [-0.2, -0.15) is 0 Å². The van der Waals surface area contributed by atoms with Crippen molar-refractivity contribution in [2.75, 3.05) is 20.8 Å². The Bertz CT molecular complexity index is 1210. The van der Waals surface area contributed by atoms with E-state index in [0.29, 0.717) is 41.4 Å². The molecule has 0 bridgehead atoms. The van der Waals surface area contributed by atoms with Gasteiger partial charge in [0.15, 0.2) is 11.5 Å². The standard InChI is InChI=1S/C27H27N3O4/c1-4-29(17-19-9-6-5-7-10-19)25-24(21-12-13-22(33-2)23(15-21)34-3)26(31)30(27(25)32)18-20-11-8-14-28-16-20/h5-16H,4,17-18H2,1-3H3. The molecule has 0 saturated carbocycles. The van der Waals surface area contributed by atoms with E-state index in [1.165, 1.54) is 4.90 Å². The maximum atomic E-state index is 13.7. The van der Waals surface area contributed by atoms with Crippen LogP contribution in [0.2, 0.25) is 0 Å². The molecule has 0 N–H and O–H groups in total. The van der Waals surface area contributed by atoms with Crippen LogP contribution in [0.4, 0.5) is 0 Å². The second-order valence-electron chi connectivity index (χ2n) is 7.85. The second kappa shape index (κ2) is 10.2. The number of pyridine rings is 1. The first-order valence-corrected chi connectivity index (χ1v) is 11.1. The van der Waals surface area contributed by atoms with Gasteiger partial charge in [0.1, 0.15) is 5.70 Å². The number of hydrogen-bond acceptors (Lipinski definition) is 6. The topological polar surface area (TPSA) is 72.0 Å². The first-order chi connectivity index (χ1) is 16.6. The lowest BCUT2D eigenvalue weighted by Crippen LogP contribution is -2.34. The summed E-state index contributed by atoms with van der Waals surface area (Å²) in [6.07, 6.45) is 3.32. The first kappa shape index (κ1) is 23.0. The van der Waals surface area contributed by atoms with Crippen molar-refractivity contribution in [3.63, 3.8) is 0 Å². The van der Waals surface area contributed by atoms with Crippen molar-refractivity contribution >= 4 is 17.4 Å². The molecule has 4 rings (SSSR count). The van der Waals surface area contributed by atoms with Crippen LogP contribution in [0.5, 0.6) is 11.5 Å². The minimum atomic E-state index is -0.345. The smallest absolute Gasteiger partial charge is 0.278 e. The van der Waals surface area contributed by atoms with Crippen LogP contribution in [0.25, 0.3) is 5.57 Å². The normalized spacial score (nSPS) is 13.4. The Labute approximate surface area is 199 Å². The average Bonchev–Trinajstić information content (AvgIpc) is 3.12. The van der Waals surface area contributed by atoms with Crippen molar-refractivity contribution < 1.29 is 19.1 Å². The van der Waals surface area contributed by atoms with Crippen molar-refractivity contribution in [1.82, 2.24) is 14.8 Å². The average molecular weight is 458 g/mol. The molecule has 0 atom stereocenters. The van der Waals surface area contributed by atoms with Gasteiger partial charge in [0.25, 0.3) is 11.8 Å². The molecule has 0 saturated heterocycles. The Balaban J connectivity index is 1.80. The van der Waals surface area contributed by atoms with Gasteiger partial charge in [-0.3, -0.25) is 19.5 Å². The van der Waals surface area contributed by atoms with Crippen molar-refractivity contribution in [3.05, 3.63) is 95.4 Å². The Hall–Kier alpha value is -4.13. The SMILES string of the molecule is CCN(Cc1ccccc1)C1=C(c2ccc(OC)c(OC)c2)C(=O)N(Cc2cccnc2)C1=O. The number of methoxy groups -OCH3 is 2. The maximum absolute atomic E-state index is 13.7. The zero-order chi connectivity index (χ0) is 24.1. The molecule has 0 unspecified atom stereocenters. The molecule has 2 amide bonds. The van der Waals surface area contributed by atoms with Crippen molar-refractivity contribution in [2.45, 2.75) is 20.0 Å². The molecular formula is C27H27N3O4. The molecule has 0 spiro atoms. The fourth-order valence-electron chi connectivity index (χ4n) is 4.08. The van der Waals surface area contributed by atoms with E-state index in [-0.39, 0.29) is 18.4 Å². The van der Waals surface area contributed by atoms with E-state index in [9.17, 15) is 9.59 Å². The monoisotopic (exact) mass is 457 g/mol. The Morgan fingerprint density at radius 1 is 0.882 bits per heavy atom. The lowest BCUT2D eigenvalue weighted by Gasteiger charge is -2.25. The third-order valence-corrected chi connectivity index (χ3v) is 5.79. The molecule has 1 aliphatic rings. The van der Waals surface area contributed by atoms with Crippen LogP contribution >= 0.6 is 0 Å². The van der Waals surface area contributed by atoms with Crippen LogP contribution in [0, 0.1) is 0 Å². The summed E-state index contributed by atoms with van der Waals surface area (Å²) in [5.41, 5.74) is 3.17. The Kier molecular flexibility index (Phi) is 6.92. The largest absolute Gasteiger partial charge is 0.493 e. The fourth-order valence-corrected chi connectivity index (χ4v) is 4.08. The van der Waals surface area contributed by atoms with Gasteiger partial charge in [-0.1, -0.05) is 42.5 Å². The highest BCUT2D eigenvalue weighted by molar-refractivity contribution is 6.35. The van der Waals surface area contributed by atoms with Gasteiger partial charge in [-0.05, 0) is 41.8 Å². The van der Waals surface area contributed by atoms with Crippen molar-refractivity contribution in [2.24, 2.45) is 0 Å². The molecule has 0 radical (unpaired) electrons. The fraction of sp³-hybridized carbons (Fsp3) is 0.222. The van der Waals surface area contributed by atoms with Crippen molar-refractivity contribution in [3.8, 4) is 11.5 Å². The molecule has 7 nitrogen and oxygen atoms in total. The molecule has 0 fully saturated rings. The molecule has 2 aromatic carbocycles. The second-order valence-corrected chi connectivity index (χ2v) is 7.85. The molecule has 7 heteroatoms. The summed E-state index contributed by atoms with van der Waals surface area (Å²) in [7, 11) is 3.10. The number of rotatable bonds is 9. The predicted molar refractivity (Wildman–Crippen MR) is 129 cm³/mol. The Morgan fingerprint density at radius 2 is 1.62 bits per heavy atom. The summed E-state index contributed by atoms with van der Waals surface area (Å²) in [6.45, 7) is 3.18. The van der Waals surface area contributed by atoms with Crippen LogP contribution in [-0.4, -0.2) is 47.4 Å². The minimum Gasteiger partial charge on any atom is -0.493 e. The molecule has 1 aliphatic heterocycles. The number of aromatic nitrogens is 1. The molecule has 0 aliphatic carbocycles. The van der Waals surface area contributed by atoms with Crippen LogP contribution in [-0.2, 0) is 22.7 Å². The van der Waals surface area contributed by atoms with Crippen LogP contribution in [0.15, 0.2) is 78.8 Å². The summed E-state index contributed by atoms with van der Waals surface area (Å²) < 4.78 is 10.8. The van der Waals surface area contributed by atoms with Gasteiger partial charge in [0, 0.05) is 25.5 Å².